The number of carbonyl (C=O) groups is 1. The van der Waals surface area contributed by atoms with Gasteiger partial charge in [0.25, 0.3) is 5.91 Å². The van der Waals surface area contributed by atoms with Crippen molar-refractivity contribution in [2.45, 2.75) is 6.18 Å². The van der Waals surface area contributed by atoms with Gasteiger partial charge in [0.05, 0.1) is 18.8 Å². The van der Waals surface area contributed by atoms with E-state index in [1.54, 1.807) is 0 Å². The lowest BCUT2D eigenvalue weighted by Crippen LogP contribution is -2.44. The molecule has 1 heterocycles. The number of morpholine rings is 1. The van der Waals surface area contributed by atoms with Gasteiger partial charge in [-0.05, 0) is 30.4 Å². The Morgan fingerprint density at radius 2 is 2.00 bits per heavy atom. The molecule has 0 saturated carbocycles. The van der Waals surface area contributed by atoms with Gasteiger partial charge in [-0.3, -0.25) is 15.0 Å². The Kier molecular flexibility index (Phi) is 6.52. The van der Waals surface area contributed by atoms with Gasteiger partial charge in [0, 0.05) is 31.7 Å². The summed E-state index contributed by atoms with van der Waals surface area (Å²) in [5, 5.41) is 5.34. The van der Waals surface area contributed by atoms with Crippen LogP contribution in [0.4, 0.5) is 13.2 Å². The highest BCUT2D eigenvalue weighted by Gasteiger charge is 2.30. The number of hydrogen-bond donors (Lipinski definition) is 2. The molecule has 2 N–H and O–H groups in total. The van der Waals surface area contributed by atoms with Crippen molar-refractivity contribution in [1.29, 1.82) is 0 Å². The molecule has 1 amide bonds. The minimum absolute atomic E-state index is 0.0886. The van der Waals surface area contributed by atoms with E-state index in [4.69, 9.17) is 17.0 Å². The number of halogens is 3. The molecule has 2 rings (SSSR count). The standard InChI is InChI=1S/C15H18F3N3O2S/c16-15(17,18)12-3-1-2-11(10-12)13(22)20-14(24)19-4-5-21-6-8-23-9-7-21/h1-3,10H,4-9H2,(H2,19,20,22,24). The van der Waals surface area contributed by atoms with Gasteiger partial charge in [0.2, 0.25) is 0 Å². The van der Waals surface area contributed by atoms with Crippen molar-refractivity contribution in [3.8, 4) is 0 Å². The fraction of sp³-hybridized carbons (Fsp3) is 0.467. The summed E-state index contributed by atoms with van der Waals surface area (Å²) in [6, 6.07) is 4.20. The van der Waals surface area contributed by atoms with E-state index < -0.39 is 17.6 Å². The van der Waals surface area contributed by atoms with E-state index in [1.807, 2.05) is 0 Å². The van der Waals surface area contributed by atoms with Crippen LogP contribution in [-0.4, -0.2) is 55.3 Å². The number of thiocarbonyl (C=S) groups is 1. The highest BCUT2D eigenvalue weighted by Crippen LogP contribution is 2.29. The van der Waals surface area contributed by atoms with Gasteiger partial charge in [-0.1, -0.05) is 6.07 Å². The third kappa shape index (κ3) is 5.73. The van der Waals surface area contributed by atoms with Gasteiger partial charge < -0.3 is 10.1 Å². The average Bonchev–Trinajstić information content (AvgIpc) is 2.55. The number of rotatable bonds is 4. The minimum atomic E-state index is -4.49. The van der Waals surface area contributed by atoms with Gasteiger partial charge >= 0.3 is 6.18 Å². The third-order valence-corrected chi connectivity index (χ3v) is 3.74. The van der Waals surface area contributed by atoms with Crippen molar-refractivity contribution < 1.29 is 22.7 Å². The molecule has 9 heteroatoms. The van der Waals surface area contributed by atoms with E-state index in [1.165, 1.54) is 12.1 Å². The number of nitrogens with zero attached hydrogens (tertiary/aromatic N) is 1. The van der Waals surface area contributed by atoms with Crippen LogP contribution >= 0.6 is 12.2 Å². The number of benzene rings is 1. The first-order valence-corrected chi connectivity index (χ1v) is 7.83. The molecule has 0 aliphatic carbocycles. The number of alkyl halides is 3. The average molecular weight is 361 g/mol. The fourth-order valence-corrected chi connectivity index (χ4v) is 2.40. The Labute approximate surface area is 143 Å². The summed E-state index contributed by atoms with van der Waals surface area (Å²) in [6.07, 6.45) is -4.49. The van der Waals surface area contributed by atoms with Crippen molar-refractivity contribution >= 4 is 23.2 Å². The van der Waals surface area contributed by atoms with E-state index in [2.05, 4.69) is 15.5 Å². The lowest BCUT2D eigenvalue weighted by atomic mass is 10.1. The predicted octanol–water partition coefficient (Wildman–Crippen LogP) is 1.64. The van der Waals surface area contributed by atoms with E-state index >= 15 is 0 Å². The number of amides is 1. The van der Waals surface area contributed by atoms with E-state index in [9.17, 15) is 18.0 Å². The second-order valence-corrected chi connectivity index (χ2v) is 5.65. The third-order valence-electron chi connectivity index (χ3n) is 3.50. The van der Waals surface area contributed by atoms with Crippen molar-refractivity contribution in [2.75, 3.05) is 39.4 Å². The van der Waals surface area contributed by atoms with E-state index in [0.717, 1.165) is 31.8 Å². The van der Waals surface area contributed by atoms with E-state index in [0.29, 0.717) is 19.8 Å². The molecule has 0 bridgehead atoms. The molecule has 1 aromatic carbocycles. The quantitative estimate of drug-likeness (QED) is 0.799. The van der Waals surface area contributed by atoms with Gasteiger partial charge in [0.1, 0.15) is 0 Å². The molecule has 1 aliphatic heterocycles. The van der Waals surface area contributed by atoms with E-state index in [-0.39, 0.29) is 10.7 Å². The number of hydrogen-bond acceptors (Lipinski definition) is 4. The maximum atomic E-state index is 12.7. The summed E-state index contributed by atoms with van der Waals surface area (Å²) < 4.78 is 43.2. The van der Waals surface area contributed by atoms with Gasteiger partial charge in [-0.25, -0.2) is 0 Å². The van der Waals surface area contributed by atoms with Crippen LogP contribution in [0, 0.1) is 0 Å². The number of carbonyl (C=O) groups excluding carboxylic acids is 1. The minimum Gasteiger partial charge on any atom is -0.379 e. The molecular formula is C15H18F3N3O2S. The van der Waals surface area contributed by atoms with Crippen LogP contribution in [0.3, 0.4) is 0 Å². The van der Waals surface area contributed by atoms with Crippen molar-refractivity contribution in [2.24, 2.45) is 0 Å². The fourth-order valence-electron chi connectivity index (χ4n) is 2.21. The van der Waals surface area contributed by atoms with Crippen LogP contribution in [0.15, 0.2) is 24.3 Å². The Morgan fingerprint density at radius 1 is 1.29 bits per heavy atom. The normalized spacial score (nSPS) is 15.8. The maximum absolute atomic E-state index is 12.7. The molecule has 1 aromatic rings. The second kappa shape index (κ2) is 8.41. The van der Waals surface area contributed by atoms with Gasteiger partial charge in [-0.15, -0.1) is 0 Å². The Morgan fingerprint density at radius 3 is 2.67 bits per heavy atom. The SMILES string of the molecule is O=C(NC(=S)NCCN1CCOCC1)c1cccc(C(F)(F)F)c1. The first kappa shape index (κ1) is 18.6. The lowest BCUT2D eigenvalue weighted by molar-refractivity contribution is -0.137. The molecular weight excluding hydrogens is 343 g/mol. The molecule has 0 atom stereocenters. The molecule has 1 fully saturated rings. The van der Waals surface area contributed by atoms with Crippen molar-refractivity contribution in [3.63, 3.8) is 0 Å². The maximum Gasteiger partial charge on any atom is 0.416 e. The summed E-state index contributed by atoms with van der Waals surface area (Å²) in [7, 11) is 0. The van der Waals surface area contributed by atoms with Crippen LogP contribution in [0.5, 0.6) is 0 Å². The number of ether oxygens (including phenoxy) is 1. The van der Waals surface area contributed by atoms with Crippen molar-refractivity contribution in [1.82, 2.24) is 15.5 Å². The number of nitrogens with one attached hydrogen (secondary N) is 2. The van der Waals surface area contributed by atoms with Crippen LogP contribution in [-0.2, 0) is 10.9 Å². The van der Waals surface area contributed by atoms with Gasteiger partial charge in [0.15, 0.2) is 5.11 Å². The first-order valence-electron chi connectivity index (χ1n) is 7.43. The largest absolute Gasteiger partial charge is 0.416 e. The molecule has 1 aliphatic rings. The molecule has 132 valence electrons. The summed E-state index contributed by atoms with van der Waals surface area (Å²) in [6.45, 7) is 4.33. The predicted molar refractivity (Wildman–Crippen MR) is 86.8 cm³/mol. The van der Waals surface area contributed by atoms with Crippen molar-refractivity contribution in [3.05, 3.63) is 35.4 Å². The summed E-state index contributed by atoms with van der Waals surface area (Å²) in [5.41, 5.74) is -0.969. The second-order valence-electron chi connectivity index (χ2n) is 5.24. The molecule has 5 nitrogen and oxygen atoms in total. The smallest absolute Gasteiger partial charge is 0.379 e. The molecule has 0 aromatic heterocycles. The molecule has 1 saturated heterocycles. The summed E-state index contributed by atoms with van der Waals surface area (Å²) >= 11 is 4.99. The first-order chi connectivity index (χ1) is 11.4. The Bertz CT molecular complexity index is 590. The Balaban J connectivity index is 1.80. The highest BCUT2D eigenvalue weighted by molar-refractivity contribution is 7.80. The molecule has 0 radical (unpaired) electrons. The van der Waals surface area contributed by atoms with Gasteiger partial charge in [-0.2, -0.15) is 13.2 Å². The zero-order valence-corrected chi connectivity index (χ0v) is 13.7. The summed E-state index contributed by atoms with van der Waals surface area (Å²) in [4.78, 5) is 14.2. The zero-order valence-electron chi connectivity index (χ0n) is 12.9. The Hall–Kier alpha value is -1.71. The molecule has 0 unspecified atom stereocenters. The lowest BCUT2D eigenvalue weighted by Gasteiger charge is -2.26. The topological polar surface area (TPSA) is 53.6 Å². The van der Waals surface area contributed by atoms with Crippen LogP contribution in [0.2, 0.25) is 0 Å². The van der Waals surface area contributed by atoms with Crippen LogP contribution in [0.25, 0.3) is 0 Å². The van der Waals surface area contributed by atoms with Crippen LogP contribution in [0.1, 0.15) is 15.9 Å². The van der Waals surface area contributed by atoms with Crippen LogP contribution < -0.4 is 10.6 Å². The summed E-state index contributed by atoms with van der Waals surface area (Å²) in [5.74, 6) is -0.676. The zero-order chi connectivity index (χ0) is 17.6. The molecule has 24 heavy (non-hydrogen) atoms. The highest BCUT2D eigenvalue weighted by atomic mass is 32.1. The molecule has 0 spiro atoms. The monoisotopic (exact) mass is 361 g/mol.